The first-order chi connectivity index (χ1) is 7.29. The fraction of sp³-hybridized carbons (Fsp3) is 0.333. The Morgan fingerprint density at radius 1 is 1.40 bits per heavy atom. The smallest absolute Gasteiger partial charge is 0.215 e. The molecule has 0 unspecified atom stereocenters. The van der Waals surface area contributed by atoms with Gasteiger partial charge < -0.3 is 16.0 Å². The van der Waals surface area contributed by atoms with Crippen molar-refractivity contribution in [1.29, 1.82) is 0 Å². The van der Waals surface area contributed by atoms with Crippen LogP contribution in [0.5, 0.6) is 0 Å². The molecule has 80 valence electrons. The van der Waals surface area contributed by atoms with Crippen molar-refractivity contribution in [3.8, 4) is 0 Å². The zero-order chi connectivity index (χ0) is 10.7. The molecule has 2 aromatic rings. The minimum atomic E-state index is -0.525. The maximum Gasteiger partial charge on any atom is 0.215 e. The van der Waals surface area contributed by atoms with E-state index in [-0.39, 0.29) is 0 Å². The Bertz CT molecular complexity index is 453. The molecule has 0 radical (unpaired) electrons. The number of anilines is 1. The summed E-state index contributed by atoms with van der Waals surface area (Å²) in [6, 6.07) is 2.91. The lowest BCUT2D eigenvalue weighted by molar-refractivity contribution is 0.588. The van der Waals surface area contributed by atoms with Crippen LogP contribution in [0.25, 0.3) is 11.2 Å². The van der Waals surface area contributed by atoms with E-state index in [1.54, 1.807) is 6.07 Å². The van der Waals surface area contributed by atoms with Crippen molar-refractivity contribution < 1.29 is 4.39 Å². The zero-order valence-corrected chi connectivity index (χ0v) is 8.13. The van der Waals surface area contributed by atoms with Crippen molar-refractivity contribution in [3.05, 3.63) is 18.1 Å². The van der Waals surface area contributed by atoms with Gasteiger partial charge in [0.15, 0.2) is 5.65 Å². The van der Waals surface area contributed by atoms with Crippen molar-refractivity contribution in [3.63, 3.8) is 0 Å². The van der Waals surface area contributed by atoms with Gasteiger partial charge in [0.25, 0.3) is 0 Å². The normalized spacial score (nSPS) is 10.8. The maximum atomic E-state index is 12.8. The lowest BCUT2D eigenvalue weighted by atomic mass is 10.4. The van der Waals surface area contributed by atoms with Crippen LogP contribution in [0.15, 0.2) is 12.1 Å². The van der Waals surface area contributed by atoms with Crippen LogP contribution in [0.4, 0.5) is 10.3 Å². The van der Waals surface area contributed by atoms with Crippen LogP contribution < -0.4 is 11.1 Å². The SMILES string of the molecule is NCCCNc1nc2nc(F)ccc2[nH]1. The summed E-state index contributed by atoms with van der Waals surface area (Å²) >= 11 is 0. The number of aromatic nitrogens is 3. The number of hydrogen-bond donors (Lipinski definition) is 3. The second-order valence-corrected chi connectivity index (χ2v) is 3.16. The molecule has 2 heterocycles. The fourth-order valence-corrected chi connectivity index (χ4v) is 1.26. The van der Waals surface area contributed by atoms with Gasteiger partial charge in [-0.1, -0.05) is 0 Å². The Kier molecular flexibility index (Phi) is 2.77. The Morgan fingerprint density at radius 3 is 3.07 bits per heavy atom. The van der Waals surface area contributed by atoms with Crippen LogP contribution in [0.2, 0.25) is 0 Å². The van der Waals surface area contributed by atoms with Gasteiger partial charge >= 0.3 is 0 Å². The molecule has 2 rings (SSSR count). The molecule has 4 N–H and O–H groups in total. The molecule has 0 atom stereocenters. The highest BCUT2D eigenvalue weighted by Gasteiger charge is 2.03. The van der Waals surface area contributed by atoms with E-state index in [0.29, 0.717) is 23.7 Å². The summed E-state index contributed by atoms with van der Waals surface area (Å²) in [5.74, 6) is 0.0686. The summed E-state index contributed by atoms with van der Waals surface area (Å²) in [5.41, 5.74) is 6.45. The molecule has 0 bridgehead atoms. The maximum absolute atomic E-state index is 12.8. The molecule has 2 aromatic heterocycles. The molecule has 0 aliphatic carbocycles. The van der Waals surface area contributed by atoms with Crippen LogP contribution in [-0.2, 0) is 0 Å². The topological polar surface area (TPSA) is 79.6 Å². The Labute approximate surface area is 85.9 Å². The van der Waals surface area contributed by atoms with Crippen molar-refractivity contribution in [1.82, 2.24) is 15.0 Å². The van der Waals surface area contributed by atoms with Gasteiger partial charge in [-0.15, -0.1) is 0 Å². The standard InChI is InChI=1S/C9H12FN5/c10-7-3-2-6-8(14-7)15-9(13-6)12-5-1-4-11/h2-3H,1,4-5,11H2,(H2,12,13,14,15). The molecular formula is C9H12FN5. The van der Waals surface area contributed by atoms with E-state index in [1.807, 2.05) is 0 Å². The number of hydrogen-bond acceptors (Lipinski definition) is 4. The molecule has 0 spiro atoms. The molecule has 0 fully saturated rings. The van der Waals surface area contributed by atoms with Gasteiger partial charge in [-0.3, -0.25) is 0 Å². The number of imidazole rings is 1. The number of nitrogens with two attached hydrogens (primary N) is 1. The van der Waals surface area contributed by atoms with Gasteiger partial charge in [-0.05, 0) is 25.1 Å². The summed E-state index contributed by atoms with van der Waals surface area (Å²) in [6.07, 6.45) is 0.860. The van der Waals surface area contributed by atoms with Gasteiger partial charge in [-0.2, -0.15) is 14.4 Å². The molecular weight excluding hydrogens is 197 g/mol. The first-order valence-corrected chi connectivity index (χ1v) is 4.76. The number of nitrogens with one attached hydrogen (secondary N) is 2. The molecule has 6 heteroatoms. The zero-order valence-electron chi connectivity index (χ0n) is 8.13. The third-order valence-electron chi connectivity index (χ3n) is 1.99. The van der Waals surface area contributed by atoms with Crippen molar-refractivity contribution in [2.75, 3.05) is 18.4 Å². The molecule has 0 aliphatic rings. The molecule has 0 amide bonds. The van der Waals surface area contributed by atoms with Crippen molar-refractivity contribution >= 4 is 17.1 Å². The number of fused-ring (bicyclic) bond motifs is 1. The molecule has 0 aromatic carbocycles. The Morgan fingerprint density at radius 2 is 2.27 bits per heavy atom. The fourth-order valence-electron chi connectivity index (χ4n) is 1.26. The van der Waals surface area contributed by atoms with Crippen LogP contribution >= 0.6 is 0 Å². The van der Waals surface area contributed by atoms with E-state index in [0.717, 1.165) is 13.0 Å². The third-order valence-corrected chi connectivity index (χ3v) is 1.99. The summed E-state index contributed by atoms with van der Waals surface area (Å²) in [7, 11) is 0. The predicted octanol–water partition coefficient (Wildman–Crippen LogP) is 0.858. The number of aromatic amines is 1. The van der Waals surface area contributed by atoms with Gasteiger partial charge in [0, 0.05) is 6.54 Å². The predicted molar refractivity (Wildman–Crippen MR) is 56.0 cm³/mol. The third kappa shape index (κ3) is 2.21. The lowest BCUT2D eigenvalue weighted by Gasteiger charge is -1.98. The van der Waals surface area contributed by atoms with Gasteiger partial charge in [-0.25, -0.2) is 0 Å². The quantitative estimate of drug-likeness (QED) is 0.515. The number of rotatable bonds is 4. The summed E-state index contributed by atoms with van der Waals surface area (Å²) < 4.78 is 12.8. The van der Waals surface area contributed by atoms with Crippen LogP contribution in [0.1, 0.15) is 6.42 Å². The van der Waals surface area contributed by atoms with E-state index < -0.39 is 5.95 Å². The molecule has 0 aliphatic heterocycles. The van der Waals surface area contributed by atoms with Crippen LogP contribution in [-0.4, -0.2) is 28.0 Å². The number of halogens is 1. The number of H-pyrrole nitrogens is 1. The van der Waals surface area contributed by atoms with Crippen molar-refractivity contribution in [2.24, 2.45) is 5.73 Å². The average Bonchev–Trinajstić information content (AvgIpc) is 2.60. The average molecular weight is 209 g/mol. The first kappa shape index (κ1) is 9.85. The molecule has 5 nitrogen and oxygen atoms in total. The van der Waals surface area contributed by atoms with E-state index in [9.17, 15) is 4.39 Å². The second-order valence-electron chi connectivity index (χ2n) is 3.16. The summed E-state index contributed by atoms with van der Waals surface area (Å²) in [4.78, 5) is 10.7. The minimum absolute atomic E-state index is 0.380. The summed E-state index contributed by atoms with van der Waals surface area (Å²) in [5, 5.41) is 3.05. The highest BCUT2D eigenvalue weighted by molar-refractivity contribution is 5.72. The molecule has 0 saturated carbocycles. The van der Waals surface area contributed by atoms with Gasteiger partial charge in [0.2, 0.25) is 11.9 Å². The van der Waals surface area contributed by atoms with Gasteiger partial charge in [0.05, 0.1) is 5.52 Å². The first-order valence-electron chi connectivity index (χ1n) is 4.76. The van der Waals surface area contributed by atoms with E-state index in [1.165, 1.54) is 6.07 Å². The Balaban J connectivity index is 2.16. The Hall–Kier alpha value is -1.69. The highest BCUT2D eigenvalue weighted by atomic mass is 19.1. The number of nitrogens with zero attached hydrogens (tertiary/aromatic N) is 2. The van der Waals surface area contributed by atoms with Gasteiger partial charge in [0.1, 0.15) is 0 Å². The van der Waals surface area contributed by atoms with Crippen molar-refractivity contribution in [2.45, 2.75) is 6.42 Å². The second kappa shape index (κ2) is 4.22. The molecule has 0 saturated heterocycles. The van der Waals surface area contributed by atoms with E-state index >= 15 is 0 Å². The van der Waals surface area contributed by atoms with Crippen LogP contribution in [0, 0.1) is 5.95 Å². The highest BCUT2D eigenvalue weighted by Crippen LogP contribution is 2.11. The largest absolute Gasteiger partial charge is 0.356 e. The summed E-state index contributed by atoms with van der Waals surface area (Å²) in [6.45, 7) is 1.36. The minimum Gasteiger partial charge on any atom is -0.356 e. The monoisotopic (exact) mass is 209 g/mol. The molecule has 15 heavy (non-hydrogen) atoms. The van der Waals surface area contributed by atoms with E-state index in [4.69, 9.17) is 5.73 Å². The number of pyridine rings is 1. The lowest BCUT2D eigenvalue weighted by Crippen LogP contribution is -2.09. The van der Waals surface area contributed by atoms with E-state index in [2.05, 4.69) is 20.3 Å². The van der Waals surface area contributed by atoms with Crippen LogP contribution in [0.3, 0.4) is 0 Å².